The predicted octanol–water partition coefficient (Wildman–Crippen LogP) is 1.69. The third kappa shape index (κ3) is 2.84. The van der Waals surface area contributed by atoms with Crippen LogP contribution in [0, 0.1) is 13.8 Å². The van der Waals surface area contributed by atoms with Gasteiger partial charge in [-0.1, -0.05) is 18.5 Å². The Morgan fingerprint density at radius 3 is 2.56 bits per heavy atom. The van der Waals surface area contributed by atoms with E-state index >= 15 is 0 Å². The first-order chi connectivity index (χ1) is 8.35. The fraction of sp³-hybridized carbons (Fsp3) is 0.667. The molecule has 1 aromatic heterocycles. The standard InChI is InChI=1S/C12H20ClN3O2/c1-6-14-12(4,11(17)18-5)7-16-9(3)10(13)8(2)15-16/h14H,6-7H2,1-5H3. The molecule has 18 heavy (non-hydrogen) atoms. The second-order valence-corrected chi connectivity index (χ2v) is 4.87. The first kappa shape index (κ1) is 15.0. The normalized spacial score (nSPS) is 14.3. The van der Waals surface area contributed by atoms with E-state index < -0.39 is 5.54 Å². The summed E-state index contributed by atoms with van der Waals surface area (Å²) in [5, 5.41) is 8.10. The molecule has 1 heterocycles. The molecule has 6 heteroatoms. The molecule has 0 spiro atoms. The number of methoxy groups -OCH3 is 1. The monoisotopic (exact) mass is 273 g/mol. The van der Waals surface area contributed by atoms with Gasteiger partial charge in [0.2, 0.25) is 0 Å². The molecule has 1 rings (SSSR count). The van der Waals surface area contributed by atoms with Crippen LogP contribution < -0.4 is 5.32 Å². The van der Waals surface area contributed by atoms with Crippen molar-refractivity contribution in [3.63, 3.8) is 0 Å². The summed E-state index contributed by atoms with van der Waals surface area (Å²) in [6.07, 6.45) is 0. The van der Waals surface area contributed by atoms with Gasteiger partial charge in [-0.3, -0.25) is 4.68 Å². The number of carbonyl (C=O) groups excluding carboxylic acids is 1. The molecule has 102 valence electrons. The highest BCUT2D eigenvalue weighted by molar-refractivity contribution is 6.31. The lowest BCUT2D eigenvalue weighted by Crippen LogP contribution is -2.53. The van der Waals surface area contributed by atoms with E-state index in [4.69, 9.17) is 16.3 Å². The number of halogens is 1. The Kier molecular flexibility index (Phi) is 4.76. The molecule has 0 radical (unpaired) electrons. The molecule has 5 nitrogen and oxygen atoms in total. The maximum absolute atomic E-state index is 11.9. The second kappa shape index (κ2) is 5.71. The van der Waals surface area contributed by atoms with Gasteiger partial charge in [-0.15, -0.1) is 0 Å². The molecule has 1 N–H and O–H groups in total. The first-order valence-electron chi connectivity index (χ1n) is 5.88. The molecule has 0 bridgehead atoms. The molecular formula is C12H20ClN3O2. The zero-order chi connectivity index (χ0) is 13.9. The van der Waals surface area contributed by atoms with Gasteiger partial charge in [-0.2, -0.15) is 5.10 Å². The van der Waals surface area contributed by atoms with Gasteiger partial charge in [0.25, 0.3) is 0 Å². The number of carbonyl (C=O) groups is 1. The van der Waals surface area contributed by atoms with Gasteiger partial charge in [0.15, 0.2) is 0 Å². The van der Waals surface area contributed by atoms with E-state index in [1.54, 1.807) is 11.6 Å². The van der Waals surface area contributed by atoms with E-state index in [1.807, 2.05) is 20.8 Å². The van der Waals surface area contributed by atoms with E-state index in [0.29, 0.717) is 18.1 Å². The van der Waals surface area contributed by atoms with Crippen LogP contribution in [0.25, 0.3) is 0 Å². The van der Waals surface area contributed by atoms with Gasteiger partial charge in [-0.05, 0) is 27.3 Å². The molecule has 0 saturated carbocycles. The highest BCUT2D eigenvalue weighted by Crippen LogP contribution is 2.21. The maximum Gasteiger partial charge on any atom is 0.327 e. The zero-order valence-corrected chi connectivity index (χ0v) is 12.3. The van der Waals surface area contributed by atoms with Crippen LogP contribution in [0.5, 0.6) is 0 Å². The van der Waals surface area contributed by atoms with Crippen LogP contribution in [0.4, 0.5) is 0 Å². The number of hydrogen-bond acceptors (Lipinski definition) is 4. The zero-order valence-electron chi connectivity index (χ0n) is 11.5. The lowest BCUT2D eigenvalue weighted by atomic mass is 10.0. The van der Waals surface area contributed by atoms with E-state index in [2.05, 4.69) is 10.4 Å². The number of ether oxygens (including phenoxy) is 1. The summed E-state index contributed by atoms with van der Waals surface area (Å²) in [5.41, 5.74) is 0.802. The molecule has 0 aromatic carbocycles. The van der Waals surface area contributed by atoms with Crippen LogP contribution >= 0.6 is 11.6 Å². The highest BCUT2D eigenvalue weighted by atomic mass is 35.5. The second-order valence-electron chi connectivity index (χ2n) is 4.50. The molecule has 0 amide bonds. The summed E-state index contributed by atoms with van der Waals surface area (Å²) in [6.45, 7) is 8.51. The van der Waals surface area contributed by atoms with Crippen molar-refractivity contribution in [3.8, 4) is 0 Å². The van der Waals surface area contributed by atoms with E-state index in [9.17, 15) is 4.79 Å². The molecule has 0 aliphatic heterocycles. The quantitative estimate of drug-likeness (QED) is 0.830. The summed E-state index contributed by atoms with van der Waals surface area (Å²) in [5.74, 6) is -0.312. The molecule has 0 aliphatic carbocycles. The van der Waals surface area contributed by atoms with Gasteiger partial charge in [0, 0.05) is 0 Å². The largest absolute Gasteiger partial charge is 0.468 e. The molecule has 0 saturated heterocycles. The summed E-state index contributed by atoms with van der Waals surface area (Å²) in [7, 11) is 1.38. The Balaban J connectivity index is 3.03. The van der Waals surface area contributed by atoms with Gasteiger partial charge in [0.05, 0.1) is 30.1 Å². The van der Waals surface area contributed by atoms with Gasteiger partial charge < -0.3 is 10.1 Å². The number of aryl methyl sites for hydroxylation is 1. The van der Waals surface area contributed by atoms with Gasteiger partial charge in [-0.25, -0.2) is 4.79 Å². The van der Waals surface area contributed by atoms with Crippen LogP contribution in [0.2, 0.25) is 5.02 Å². The number of aromatic nitrogens is 2. The number of esters is 1. The van der Waals surface area contributed by atoms with Crippen molar-refractivity contribution in [3.05, 3.63) is 16.4 Å². The minimum Gasteiger partial charge on any atom is -0.468 e. The SMILES string of the molecule is CCNC(C)(Cn1nc(C)c(Cl)c1C)C(=O)OC. The predicted molar refractivity (Wildman–Crippen MR) is 70.8 cm³/mol. The number of nitrogens with one attached hydrogen (secondary N) is 1. The molecule has 1 aromatic rings. The van der Waals surface area contributed by atoms with E-state index in [0.717, 1.165) is 11.4 Å². The fourth-order valence-electron chi connectivity index (χ4n) is 1.94. The van der Waals surface area contributed by atoms with Crippen LogP contribution in [0.3, 0.4) is 0 Å². The number of nitrogens with zero attached hydrogens (tertiary/aromatic N) is 2. The summed E-state index contributed by atoms with van der Waals surface area (Å²) < 4.78 is 6.57. The van der Waals surface area contributed by atoms with E-state index in [1.165, 1.54) is 7.11 Å². The van der Waals surface area contributed by atoms with Crippen molar-refractivity contribution >= 4 is 17.6 Å². The Labute approximate surface area is 112 Å². The molecule has 1 atom stereocenters. The van der Waals surface area contributed by atoms with Crippen molar-refractivity contribution in [2.24, 2.45) is 0 Å². The Bertz CT molecular complexity index is 445. The van der Waals surface area contributed by atoms with Crippen molar-refractivity contribution in [1.29, 1.82) is 0 Å². The third-order valence-corrected chi connectivity index (χ3v) is 3.51. The third-order valence-electron chi connectivity index (χ3n) is 2.96. The summed E-state index contributed by atoms with van der Waals surface area (Å²) in [4.78, 5) is 11.9. The van der Waals surface area contributed by atoms with Crippen molar-refractivity contribution in [2.45, 2.75) is 39.8 Å². The van der Waals surface area contributed by atoms with Crippen LogP contribution in [-0.4, -0.2) is 34.9 Å². The van der Waals surface area contributed by atoms with E-state index in [-0.39, 0.29) is 5.97 Å². The Morgan fingerprint density at radius 1 is 1.56 bits per heavy atom. The van der Waals surface area contributed by atoms with Crippen molar-refractivity contribution in [1.82, 2.24) is 15.1 Å². The van der Waals surface area contributed by atoms with Crippen LogP contribution in [0.1, 0.15) is 25.2 Å². The smallest absolute Gasteiger partial charge is 0.327 e. The van der Waals surface area contributed by atoms with Crippen LogP contribution in [-0.2, 0) is 16.1 Å². The van der Waals surface area contributed by atoms with Crippen molar-refractivity contribution < 1.29 is 9.53 Å². The van der Waals surface area contributed by atoms with Crippen LogP contribution in [0.15, 0.2) is 0 Å². The minimum atomic E-state index is -0.809. The first-order valence-corrected chi connectivity index (χ1v) is 6.26. The maximum atomic E-state index is 11.9. The topological polar surface area (TPSA) is 56.2 Å². The molecule has 0 aliphatic rings. The highest BCUT2D eigenvalue weighted by Gasteiger charge is 2.35. The Morgan fingerprint density at radius 2 is 2.17 bits per heavy atom. The fourth-order valence-corrected chi connectivity index (χ4v) is 2.07. The average Bonchev–Trinajstić information content (AvgIpc) is 2.56. The summed E-state index contributed by atoms with van der Waals surface area (Å²) in [6, 6.07) is 0. The molecule has 1 unspecified atom stereocenters. The lowest BCUT2D eigenvalue weighted by Gasteiger charge is -2.27. The Hall–Kier alpha value is -1.07. The minimum absolute atomic E-state index is 0.312. The lowest BCUT2D eigenvalue weighted by molar-refractivity contribution is -0.148. The molecular weight excluding hydrogens is 254 g/mol. The molecule has 0 fully saturated rings. The number of hydrogen-bond donors (Lipinski definition) is 1. The number of rotatable bonds is 5. The summed E-state index contributed by atoms with van der Waals surface area (Å²) >= 11 is 6.10. The van der Waals surface area contributed by atoms with Gasteiger partial charge in [0.1, 0.15) is 5.54 Å². The number of likely N-dealkylation sites (N-methyl/N-ethyl adjacent to an activating group) is 1. The van der Waals surface area contributed by atoms with Crippen molar-refractivity contribution in [2.75, 3.05) is 13.7 Å². The van der Waals surface area contributed by atoms with Gasteiger partial charge >= 0.3 is 5.97 Å². The average molecular weight is 274 g/mol.